The van der Waals surface area contributed by atoms with E-state index in [2.05, 4.69) is 36.4 Å². The summed E-state index contributed by atoms with van der Waals surface area (Å²) in [6.45, 7) is 0. The summed E-state index contributed by atoms with van der Waals surface area (Å²) in [6.07, 6.45) is 11.2. The van der Waals surface area contributed by atoms with Crippen LogP contribution in [0.4, 0.5) is 0 Å². The Morgan fingerprint density at radius 3 is 2.11 bits per heavy atom. The summed E-state index contributed by atoms with van der Waals surface area (Å²) in [6, 6.07) is 12.2. The number of rotatable bonds is 7. The Bertz CT molecular complexity index is 854. The highest BCUT2D eigenvalue weighted by Gasteiger charge is 2.22. The molecule has 2 aromatic rings. The fourth-order valence-electron chi connectivity index (χ4n) is 3.68. The third-order valence-electron chi connectivity index (χ3n) is 5.21. The predicted molar refractivity (Wildman–Crippen MR) is 113 cm³/mol. The van der Waals surface area contributed by atoms with Crippen molar-refractivity contribution in [2.75, 3.05) is 28.4 Å². The minimum atomic E-state index is 0.310. The second kappa shape index (κ2) is 9.36. The van der Waals surface area contributed by atoms with Gasteiger partial charge in [0.25, 0.3) is 0 Å². The van der Waals surface area contributed by atoms with Gasteiger partial charge in [-0.1, -0.05) is 36.4 Å². The van der Waals surface area contributed by atoms with Crippen LogP contribution in [0.25, 0.3) is 6.08 Å². The van der Waals surface area contributed by atoms with Crippen LogP contribution < -0.4 is 18.9 Å². The van der Waals surface area contributed by atoms with Gasteiger partial charge in [-0.2, -0.15) is 0 Å². The Labute approximate surface area is 167 Å². The van der Waals surface area contributed by atoms with Gasteiger partial charge < -0.3 is 18.9 Å². The van der Waals surface area contributed by atoms with Crippen molar-refractivity contribution in [1.29, 1.82) is 0 Å². The van der Waals surface area contributed by atoms with Crippen LogP contribution >= 0.6 is 0 Å². The lowest BCUT2D eigenvalue weighted by molar-refractivity contribution is 0.354. The number of benzene rings is 2. The van der Waals surface area contributed by atoms with E-state index in [0.717, 1.165) is 41.4 Å². The molecule has 0 heterocycles. The van der Waals surface area contributed by atoms with Crippen LogP contribution in [0, 0.1) is 5.92 Å². The molecule has 2 unspecified atom stereocenters. The van der Waals surface area contributed by atoms with Crippen LogP contribution in [0.2, 0.25) is 0 Å². The summed E-state index contributed by atoms with van der Waals surface area (Å²) >= 11 is 0. The average Bonchev–Trinajstić information content (AvgIpc) is 2.77. The summed E-state index contributed by atoms with van der Waals surface area (Å²) in [5.74, 6) is 3.72. The molecule has 0 aromatic heterocycles. The second-order valence-electron chi connectivity index (χ2n) is 6.78. The number of hydrogen-bond donors (Lipinski definition) is 0. The molecule has 2 aromatic carbocycles. The summed E-state index contributed by atoms with van der Waals surface area (Å²) in [5.41, 5.74) is 2.33. The highest BCUT2D eigenvalue weighted by atomic mass is 16.5. The molecule has 4 nitrogen and oxygen atoms in total. The lowest BCUT2D eigenvalue weighted by Gasteiger charge is -2.26. The van der Waals surface area contributed by atoms with Gasteiger partial charge in [0.15, 0.2) is 23.0 Å². The molecule has 0 spiro atoms. The van der Waals surface area contributed by atoms with Crippen LogP contribution in [0.3, 0.4) is 0 Å². The molecule has 28 heavy (non-hydrogen) atoms. The molecule has 0 N–H and O–H groups in total. The van der Waals surface area contributed by atoms with Crippen molar-refractivity contribution in [2.24, 2.45) is 5.92 Å². The van der Waals surface area contributed by atoms with Gasteiger partial charge in [0.2, 0.25) is 0 Å². The standard InChI is InChI=1S/C24H28O4/c1-25-21-13-10-17(15-23(21)27-3)9-11-18-7-5-6-8-20(18)19-12-14-22(26-2)24(16-19)28-4/h6,8-16,18,20H,5,7H2,1-4H3/b11-9-. The van der Waals surface area contributed by atoms with E-state index >= 15 is 0 Å². The lowest BCUT2D eigenvalue weighted by Crippen LogP contribution is -2.12. The molecule has 0 bridgehead atoms. The van der Waals surface area contributed by atoms with Crippen molar-refractivity contribution >= 4 is 6.08 Å². The fourth-order valence-corrected chi connectivity index (χ4v) is 3.68. The molecular formula is C24H28O4. The van der Waals surface area contributed by atoms with Gasteiger partial charge in [-0.3, -0.25) is 0 Å². The minimum absolute atomic E-state index is 0.310. The first kappa shape index (κ1) is 19.9. The molecule has 148 valence electrons. The molecule has 0 fully saturated rings. The SMILES string of the molecule is COc1ccc(/C=C\C2CCC=CC2c2ccc(OC)c(OC)c2)cc1OC. The molecule has 0 saturated carbocycles. The maximum Gasteiger partial charge on any atom is 0.161 e. The number of hydrogen-bond acceptors (Lipinski definition) is 4. The quantitative estimate of drug-likeness (QED) is 0.596. The first-order valence-electron chi connectivity index (χ1n) is 9.49. The summed E-state index contributed by atoms with van der Waals surface area (Å²) < 4.78 is 21.6. The van der Waals surface area contributed by atoms with Crippen LogP contribution in [-0.2, 0) is 0 Å². The maximum absolute atomic E-state index is 5.49. The highest BCUT2D eigenvalue weighted by Crippen LogP contribution is 2.39. The van der Waals surface area contributed by atoms with E-state index in [1.165, 1.54) is 5.56 Å². The third-order valence-corrected chi connectivity index (χ3v) is 5.21. The Morgan fingerprint density at radius 2 is 1.43 bits per heavy atom. The lowest BCUT2D eigenvalue weighted by atomic mass is 9.79. The topological polar surface area (TPSA) is 36.9 Å². The molecule has 3 rings (SSSR count). The Balaban J connectivity index is 1.85. The van der Waals surface area contributed by atoms with Gasteiger partial charge >= 0.3 is 0 Å². The molecule has 1 aliphatic rings. The Morgan fingerprint density at radius 1 is 0.786 bits per heavy atom. The van der Waals surface area contributed by atoms with Gasteiger partial charge in [-0.15, -0.1) is 0 Å². The zero-order valence-corrected chi connectivity index (χ0v) is 17.0. The van der Waals surface area contributed by atoms with E-state index in [9.17, 15) is 0 Å². The van der Waals surface area contributed by atoms with E-state index < -0.39 is 0 Å². The third kappa shape index (κ3) is 4.33. The van der Waals surface area contributed by atoms with Crippen molar-refractivity contribution in [3.05, 3.63) is 65.8 Å². The Kier molecular flexibility index (Phi) is 6.64. The average molecular weight is 380 g/mol. The van der Waals surface area contributed by atoms with Gasteiger partial charge in [0.1, 0.15) is 0 Å². The monoisotopic (exact) mass is 380 g/mol. The zero-order chi connectivity index (χ0) is 19.9. The normalized spacial score (nSPS) is 18.9. The number of allylic oxidation sites excluding steroid dienone is 3. The van der Waals surface area contributed by atoms with Crippen molar-refractivity contribution < 1.29 is 18.9 Å². The highest BCUT2D eigenvalue weighted by molar-refractivity contribution is 5.56. The van der Waals surface area contributed by atoms with Gasteiger partial charge in [-0.05, 0) is 54.2 Å². The van der Waals surface area contributed by atoms with Gasteiger partial charge in [0, 0.05) is 5.92 Å². The Hall–Kier alpha value is -2.88. The van der Waals surface area contributed by atoms with Crippen LogP contribution in [0.15, 0.2) is 54.6 Å². The molecule has 0 radical (unpaired) electrons. The second-order valence-corrected chi connectivity index (χ2v) is 6.78. The number of ether oxygens (including phenoxy) is 4. The maximum atomic E-state index is 5.49. The summed E-state index contributed by atoms with van der Waals surface area (Å²) in [5, 5.41) is 0. The van der Waals surface area contributed by atoms with E-state index in [0.29, 0.717) is 11.8 Å². The van der Waals surface area contributed by atoms with Crippen LogP contribution in [0.5, 0.6) is 23.0 Å². The first-order valence-corrected chi connectivity index (χ1v) is 9.49. The summed E-state index contributed by atoms with van der Waals surface area (Å²) in [7, 11) is 6.64. The first-order chi connectivity index (χ1) is 13.7. The number of methoxy groups -OCH3 is 4. The predicted octanol–water partition coefficient (Wildman–Crippen LogP) is 5.48. The van der Waals surface area contributed by atoms with Crippen molar-refractivity contribution in [2.45, 2.75) is 18.8 Å². The smallest absolute Gasteiger partial charge is 0.161 e. The minimum Gasteiger partial charge on any atom is -0.493 e. The van der Waals surface area contributed by atoms with Gasteiger partial charge in [0.05, 0.1) is 28.4 Å². The molecule has 0 amide bonds. The van der Waals surface area contributed by atoms with E-state index in [4.69, 9.17) is 18.9 Å². The van der Waals surface area contributed by atoms with Crippen LogP contribution in [0.1, 0.15) is 29.9 Å². The largest absolute Gasteiger partial charge is 0.493 e. The van der Waals surface area contributed by atoms with E-state index in [-0.39, 0.29) is 0 Å². The van der Waals surface area contributed by atoms with Crippen molar-refractivity contribution in [3.8, 4) is 23.0 Å². The van der Waals surface area contributed by atoms with Crippen LogP contribution in [-0.4, -0.2) is 28.4 Å². The molecule has 0 aliphatic heterocycles. The molecule has 0 saturated heterocycles. The molecule has 2 atom stereocenters. The van der Waals surface area contributed by atoms with Gasteiger partial charge in [-0.25, -0.2) is 0 Å². The fraction of sp³-hybridized carbons (Fsp3) is 0.333. The molecule has 4 heteroatoms. The molecular weight excluding hydrogens is 352 g/mol. The van der Waals surface area contributed by atoms with Crippen molar-refractivity contribution in [3.63, 3.8) is 0 Å². The van der Waals surface area contributed by atoms with Crippen molar-refractivity contribution in [1.82, 2.24) is 0 Å². The van der Waals surface area contributed by atoms with E-state index in [1.807, 2.05) is 24.3 Å². The molecule has 1 aliphatic carbocycles. The zero-order valence-electron chi connectivity index (χ0n) is 17.0. The van der Waals surface area contributed by atoms with E-state index in [1.54, 1.807) is 28.4 Å². The summed E-state index contributed by atoms with van der Waals surface area (Å²) in [4.78, 5) is 0.